The first kappa shape index (κ1) is 17.2. The van der Waals surface area contributed by atoms with Crippen LogP contribution in [-0.4, -0.2) is 49.8 Å². The third-order valence-electron chi connectivity index (χ3n) is 6.52. The molecular formula is C21H30N6. The van der Waals surface area contributed by atoms with Gasteiger partial charge in [0.25, 0.3) is 0 Å². The smallest absolute Gasteiger partial charge is 0.132 e. The Kier molecular flexibility index (Phi) is 4.38. The molecule has 0 atom stereocenters. The van der Waals surface area contributed by atoms with Crippen molar-refractivity contribution in [2.75, 3.05) is 18.0 Å². The van der Waals surface area contributed by atoms with Crippen LogP contribution < -0.4 is 4.90 Å². The maximum Gasteiger partial charge on any atom is 0.132 e. The van der Waals surface area contributed by atoms with E-state index in [9.17, 15) is 0 Å². The second kappa shape index (κ2) is 6.89. The molecule has 0 aromatic carbocycles. The van der Waals surface area contributed by atoms with Gasteiger partial charge in [-0.3, -0.25) is 9.58 Å². The van der Waals surface area contributed by atoms with Crippen LogP contribution in [0.25, 0.3) is 0 Å². The average Bonchev–Trinajstić information content (AvgIpc) is 3.31. The largest absolute Gasteiger partial charge is 0.350 e. The third-order valence-corrected chi connectivity index (χ3v) is 6.52. The summed E-state index contributed by atoms with van der Waals surface area (Å²) in [7, 11) is 2.12. The van der Waals surface area contributed by atoms with Gasteiger partial charge in [-0.15, -0.1) is 0 Å². The summed E-state index contributed by atoms with van der Waals surface area (Å²) in [4.78, 5) is 14.1. The van der Waals surface area contributed by atoms with Crippen LogP contribution in [0.5, 0.6) is 0 Å². The third kappa shape index (κ3) is 3.35. The van der Waals surface area contributed by atoms with E-state index in [-0.39, 0.29) is 0 Å². The highest BCUT2D eigenvalue weighted by molar-refractivity contribution is 5.43. The molecule has 1 saturated carbocycles. The molecule has 0 radical (unpaired) electrons. The Bertz CT molecular complexity index is 816. The van der Waals surface area contributed by atoms with Crippen LogP contribution in [0.4, 0.5) is 5.82 Å². The normalized spacial score (nSPS) is 20.8. The topological polar surface area (TPSA) is 50.1 Å². The van der Waals surface area contributed by atoms with E-state index in [0.29, 0.717) is 12.1 Å². The molecule has 2 aliphatic carbocycles. The molecule has 6 nitrogen and oxygen atoms in total. The molecule has 144 valence electrons. The van der Waals surface area contributed by atoms with Crippen LogP contribution in [0.2, 0.25) is 0 Å². The van der Waals surface area contributed by atoms with Crippen LogP contribution in [0.15, 0.2) is 12.4 Å². The molecule has 1 aliphatic heterocycles. The molecule has 5 rings (SSSR count). The second-order valence-electron chi connectivity index (χ2n) is 8.51. The molecule has 3 heterocycles. The first-order chi connectivity index (χ1) is 13.2. The monoisotopic (exact) mass is 366 g/mol. The SMILES string of the molecule is Cc1cc(N(C2CC2)C2CCN(Cc3c4c(nn3C)CCC4)CC2)ncn1. The fourth-order valence-corrected chi connectivity index (χ4v) is 4.96. The summed E-state index contributed by atoms with van der Waals surface area (Å²) < 4.78 is 2.14. The zero-order valence-electron chi connectivity index (χ0n) is 16.6. The summed E-state index contributed by atoms with van der Waals surface area (Å²) in [6, 6.07) is 3.46. The van der Waals surface area contributed by atoms with Crippen LogP contribution in [0.1, 0.15) is 54.7 Å². The summed E-state index contributed by atoms with van der Waals surface area (Å²) in [6.07, 6.45) is 10.5. The van der Waals surface area contributed by atoms with Crippen LogP contribution in [-0.2, 0) is 26.4 Å². The summed E-state index contributed by atoms with van der Waals surface area (Å²) in [6.45, 7) is 5.45. The van der Waals surface area contributed by atoms with Gasteiger partial charge in [-0.2, -0.15) is 5.10 Å². The Balaban J connectivity index is 1.26. The van der Waals surface area contributed by atoms with Crippen molar-refractivity contribution in [3.8, 4) is 0 Å². The summed E-state index contributed by atoms with van der Waals surface area (Å²) in [5, 5.41) is 4.75. The molecule has 1 saturated heterocycles. The molecule has 2 aromatic rings. The van der Waals surface area contributed by atoms with Crippen molar-refractivity contribution in [2.24, 2.45) is 7.05 Å². The van der Waals surface area contributed by atoms with Gasteiger partial charge in [0.2, 0.25) is 0 Å². The van der Waals surface area contributed by atoms with Gasteiger partial charge in [0.15, 0.2) is 0 Å². The Morgan fingerprint density at radius 2 is 1.85 bits per heavy atom. The van der Waals surface area contributed by atoms with E-state index in [4.69, 9.17) is 5.10 Å². The molecule has 0 amide bonds. The van der Waals surface area contributed by atoms with Gasteiger partial charge in [-0.1, -0.05) is 0 Å². The molecule has 0 spiro atoms. The fourth-order valence-electron chi connectivity index (χ4n) is 4.96. The number of likely N-dealkylation sites (tertiary alicyclic amines) is 1. The number of hydrogen-bond donors (Lipinski definition) is 0. The van der Waals surface area contributed by atoms with Crippen molar-refractivity contribution in [1.82, 2.24) is 24.6 Å². The van der Waals surface area contributed by atoms with Crippen molar-refractivity contribution in [3.63, 3.8) is 0 Å². The Hall–Kier alpha value is -1.95. The number of aromatic nitrogens is 4. The number of rotatable bonds is 5. The van der Waals surface area contributed by atoms with E-state index >= 15 is 0 Å². The number of aryl methyl sites for hydroxylation is 3. The molecule has 0 unspecified atom stereocenters. The van der Waals surface area contributed by atoms with Crippen molar-refractivity contribution in [1.29, 1.82) is 0 Å². The zero-order chi connectivity index (χ0) is 18.4. The van der Waals surface area contributed by atoms with Crippen molar-refractivity contribution in [2.45, 2.75) is 70.5 Å². The van der Waals surface area contributed by atoms with Gasteiger partial charge in [0.05, 0.1) is 11.4 Å². The fraction of sp³-hybridized carbons (Fsp3) is 0.667. The Morgan fingerprint density at radius 3 is 2.59 bits per heavy atom. The van der Waals surface area contributed by atoms with E-state index in [1.165, 1.54) is 61.9 Å². The summed E-state index contributed by atoms with van der Waals surface area (Å²) in [5.41, 5.74) is 5.40. The number of nitrogens with zero attached hydrogens (tertiary/aromatic N) is 6. The maximum atomic E-state index is 4.75. The van der Waals surface area contributed by atoms with Gasteiger partial charge in [0, 0.05) is 50.5 Å². The minimum absolute atomic E-state index is 0.611. The lowest BCUT2D eigenvalue weighted by atomic mass is 10.0. The number of anilines is 1. The first-order valence-electron chi connectivity index (χ1n) is 10.5. The zero-order valence-corrected chi connectivity index (χ0v) is 16.6. The van der Waals surface area contributed by atoms with Gasteiger partial charge < -0.3 is 4.90 Å². The molecule has 0 bridgehead atoms. The maximum absolute atomic E-state index is 4.75. The predicted octanol–water partition coefficient (Wildman–Crippen LogP) is 2.64. The molecule has 2 fully saturated rings. The number of fused-ring (bicyclic) bond motifs is 1. The highest BCUT2D eigenvalue weighted by atomic mass is 15.3. The van der Waals surface area contributed by atoms with E-state index in [1.54, 1.807) is 6.33 Å². The van der Waals surface area contributed by atoms with Gasteiger partial charge in [0.1, 0.15) is 12.1 Å². The highest BCUT2D eigenvalue weighted by Gasteiger charge is 2.36. The van der Waals surface area contributed by atoms with Crippen LogP contribution in [0, 0.1) is 6.92 Å². The second-order valence-corrected chi connectivity index (χ2v) is 8.51. The van der Waals surface area contributed by atoms with Crippen molar-refractivity contribution >= 4 is 5.82 Å². The number of piperidine rings is 1. The number of hydrogen-bond acceptors (Lipinski definition) is 5. The molecule has 27 heavy (non-hydrogen) atoms. The quantitative estimate of drug-likeness (QED) is 0.814. The van der Waals surface area contributed by atoms with E-state index in [1.807, 2.05) is 0 Å². The van der Waals surface area contributed by atoms with Crippen LogP contribution >= 0.6 is 0 Å². The molecule has 3 aliphatic rings. The average molecular weight is 367 g/mol. The Labute approximate surface area is 161 Å². The van der Waals surface area contributed by atoms with Gasteiger partial charge >= 0.3 is 0 Å². The minimum Gasteiger partial charge on any atom is -0.350 e. The molecule has 2 aromatic heterocycles. The highest BCUT2D eigenvalue weighted by Crippen LogP contribution is 2.35. The lowest BCUT2D eigenvalue weighted by Crippen LogP contribution is -2.46. The lowest BCUT2D eigenvalue weighted by molar-refractivity contribution is 0.195. The molecule has 6 heteroatoms. The standard InChI is InChI=1S/C21H30N6/c1-15-12-21(23-14-22-15)27(16-6-7-16)17-8-10-26(11-9-17)13-20-18-4-3-5-19(18)24-25(20)2/h12,14,16-17H,3-11,13H2,1-2H3. The van der Waals surface area contributed by atoms with Gasteiger partial charge in [-0.05, 0) is 57.4 Å². The predicted molar refractivity (Wildman–Crippen MR) is 106 cm³/mol. The Morgan fingerprint density at radius 1 is 1.07 bits per heavy atom. The van der Waals surface area contributed by atoms with Gasteiger partial charge in [-0.25, -0.2) is 9.97 Å². The van der Waals surface area contributed by atoms with E-state index < -0.39 is 0 Å². The molecular weight excluding hydrogens is 336 g/mol. The van der Waals surface area contributed by atoms with Crippen LogP contribution in [0.3, 0.4) is 0 Å². The van der Waals surface area contributed by atoms with Crippen molar-refractivity contribution < 1.29 is 0 Å². The van der Waals surface area contributed by atoms with E-state index in [2.05, 4.69) is 44.5 Å². The minimum atomic E-state index is 0.611. The van der Waals surface area contributed by atoms with Crippen molar-refractivity contribution in [3.05, 3.63) is 35.0 Å². The lowest BCUT2D eigenvalue weighted by Gasteiger charge is -2.39. The molecule has 0 N–H and O–H groups in total. The summed E-state index contributed by atoms with van der Waals surface area (Å²) in [5.74, 6) is 1.13. The first-order valence-corrected chi connectivity index (χ1v) is 10.5. The summed E-state index contributed by atoms with van der Waals surface area (Å²) >= 11 is 0. The van der Waals surface area contributed by atoms with E-state index in [0.717, 1.165) is 31.1 Å².